The van der Waals surface area contributed by atoms with Gasteiger partial charge in [-0.15, -0.1) is 0 Å². The van der Waals surface area contributed by atoms with E-state index in [1.165, 1.54) is 5.19 Å². The Morgan fingerprint density at radius 2 is 1.95 bits per heavy atom. The molecule has 1 heterocycles. The van der Waals surface area contributed by atoms with Crippen molar-refractivity contribution in [3.05, 3.63) is 17.6 Å². The second kappa shape index (κ2) is 4.17. The molecule has 1 fully saturated rings. The maximum absolute atomic E-state index is 12.8. The Kier molecular flexibility index (Phi) is 2.88. The van der Waals surface area contributed by atoms with Crippen molar-refractivity contribution < 1.29 is 14.0 Å². The summed E-state index contributed by atoms with van der Waals surface area (Å²) in [5, 5.41) is 1.25. The van der Waals surface area contributed by atoms with Gasteiger partial charge in [-0.3, -0.25) is 9.59 Å². The summed E-state index contributed by atoms with van der Waals surface area (Å²) in [6.07, 6.45) is 4.40. The van der Waals surface area contributed by atoms with E-state index in [4.69, 9.17) is 4.42 Å². The third-order valence-electron chi connectivity index (χ3n) is 5.18. The van der Waals surface area contributed by atoms with Gasteiger partial charge in [-0.05, 0) is 23.9 Å². The fourth-order valence-electron chi connectivity index (χ4n) is 3.71. The summed E-state index contributed by atoms with van der Waals surface area (Å²) >= 11 is 0. The average Bonchev–Trinajstić information content (AvgIpc) is 2.76. The highest BCUT2D eigenvalue weighted by atomic mass is 28.3. The van der Waals surface area contributed by atoms with Crippen LogP contribution in [0, 0.1) is 11.3 Å². The number of furan rings is 1. The van der Waals surface area contributed by atoms with Crippen LogP contribution in [0.15, 0.2) is 10.7 Å². The minimum Gasteiger partial charge on any atom is -0.461 e. The fraction of sp³-hybridized carbons (Fsp3) is 0.625. The van der Waals surface area contributed by atoms with Crippen LogP contribution in [0.25, 0.3) is 0 Å². The van der Waals surface area contributed by atoms with E-state index in [0.717, 1.165) is 12.0 Å². The molecule has 1 aromatic rings. The number of hydrogen-bond donors (Lipinski definition) is 0. The lowest BCUT2D eigenvalue weighted by Gasteiger charge is -2.42. The highest BCUT2D eigenvalue weighted by Crippen LogP contribution is 2.47. The van der Waals surface area contributed by atoms with Gasteiger partial charge in [0.15, 0.2) is 5.76 Å². The predicted octanol–water partition coefficient (Wildman–Crippen LogP) is 2.94. The van der Waals surface area contributed by atoms with E-state index in [0.29, 0.717) is 30.8 Å². The molecule has 4 heteroatoms. The molecule has 20 heavy (non-hydrogen) atoms. The Hall–Kier alpha value is -1.16. The van der Waals surface area contributed by atoms with Crippen molar-refractivity contribution in [2.75, 3.05) is 0 Å². The highest BCUT2D eigenvalue weighted by molar-refractivity contribution is 6.89. The number of fused-ring (bicyclic) bond motifs is 2. The Balaban J connectivity index is 2.09. The van der Waals surface area contributed by atoms with Gasteiger partial charge in [0.25, 0.3) is 0 Å². The summed E-state index contributed by atoms with van der Waals surface area (Å²) in [5.74, 6) is 1.18. The van der Waals surface area contributed by atoms with Crippen LogP contribution in [0.2, 0.25) is 19.6 Å². The molecular formula is C16H22O3Si. The maximum Gasteiger partial charge on any atom is 0.204 e. The topological polar surface area (TPSA) is 47.3 Å². The Morgan fingerprint density at radius 1 is 1.25 bits per heavy atom. The molecular weight excluding hydrogens is 268 g/mol. The standard InChI is InChI=1S/C16H22O3Si/c1-16-6-5-11(17)7-10(16)8-12-13(20(2,3)4)9-19-14(12)15(16)18/h9-10H,5-8H2,1-4H3/t10-,16-/m0/s1. The summed E-state index contributed by atoms with van der Waals surface area (Å²) < 4.78 is 5.67. The normalized spacial score (nSPS) is 30.1. The number of hydrogen-bond acceptors (Lipinski definition) is 3. The highest BCUT2D eigenvalue weighted by Gasteiger charge is 2.51. The first kappa shape index (κ1) is 13.8. The molecule has 3 rings (SSSR count). The molecule has 0 amide bonds. The van der Waals surface area contributed by atoms with E-state index in [-0.39, 0.29) is 11.7 Å². The van der Waals surface area contributed by atoms with Gasteiger partial charge in [0, 0.05) is 23.8 Å². The molecule has 0 saturated heterocycles. The zero-order chi connectivity index (χ0) is 14.7. The molecule has 0 bridgehead atoms. The summed E-state index contributed by atoms with van der Waals surface area (Å²) in [7, 11) is -1.52. The van der Waals surface area contributed by atoms with Crippen molar-refractivity contribution in [1.82, 2.24) is 0 Å². The number of Topliss-reactive ketones (excluding diaryl/α,β-unsaturated/α-hetero) is 2. The van der Waals surface area contributed by atoms with Crippen LogP contribution < -0.4 is 5.19 Å². The van der Waals surface area contributed by atoms with Gasteiger partial charge in [-0.2, -0.15) is 0 Å². The van der Waals surface area contributed by atoms with E-state index in [9.17, 15) is 9.59 Å². The molecule has 3 nitrogen and oxygen atoms in total. The van der Waals surface area contributed by atoms with E-state index >= 15 is 0 Å². The number of carbonyl (C=O) groups is 2. The van der Waals surface area contributed by atoms with Gasteiger partial charge in [-0.1, -0.05) is 26.6 Å². The Morgan fingerprint density at radius 3 is 2.60 bits per heavy atom. The zero-order valence-electron chi connectivity index (χ0n) is 12.7. The zero-order valence-corrected chi connectivity index (χ0v) is 13.7. The third-order valence-corrected chi connectivity index (χ3v) is 7.21. The molecule has 1 saturated carbocycles. The van der Waals surface area contributed by atoms with Crippen molar-refractivity contribution >= 4 is 24.8 Å². The SMILES string of the molecule is C[C@]12CCC(=O)C[C@H]1Cc1c([Si](C)(C)C)coc1C2=O. The molecule has 0 N–H and O–H groups in total. The third kappa shape index (κ3) is 1.85. The molecule has 0 spiro atoms. The van der Waals surface area contributed by atoms with Crippen molar-refractivity contribution in [3.8, 4) is 0 Å². The Bertz CT molecular complexity index is 593. The first-order valence-corrected chi connectivity index (χ1v) is 10.9. The minimum atomic E-state index is -1.52. The lowest BCUT2D eigenvalue weighted by atomic mass is 9.59. The van der Waals surface area contributed by atoms with Gasteiger partial charge in [0.2, 0.25) is 5.78 Å². The van der Waals surface area contributed by atoms with Crippen LogP contribution in [-0.4, -0.2) is 19.6 Å². The number of ketones is 2. The molecule has 0 unspecified atom stereocenters. The smallest absolute Gasteiger partial charge is 0.204 e. The van der Waals surface area contributed by atoms with Crippen molar-refractivity contribution in [2.45, 2.75) is 52.2 Å². The second-order valence-corrected chi connectivity index (χ2v) is 12.6. The fourth-order valence-corrected chi connectivity index (χ4v) is 5.25. The van der Waals surface area contributed by atoms with Crippen molar-refractivity contribution in [1.29, 1.82) is 0 Å². The molecule has 2 aliphatic rings. The van der Waals surface area contributed by atoms with Crippen LogP contribution in [0.1, 0.15) is 42.3 Å². The molecule has 108 valence electrons. The number of carbonyl (C=O) groups excluding carboxylic acids is 2. The largest absolute Gasteiger partial charge is 0.461 e. The van der Waals surface area contributed by atoms with Crippen LogP contribution in [0.5, 0.6) is 0 Å². The van der Waals surface area contributed by atoms with E-state index in [1.54, 1.807) is 6.26 Å². The molecule has 1 aromatic heterocycles. The summed E-state index contributed by atoms with van der Waals surface area (Å²) in [5.41, 5.74) is 0.710. The van der Waals surface area contributed by atoms with Crippen LogP contribution in [0.3, 0.4) is 0 Å². The predicted molar refractivity (Wildman–Crippen MR) is 80.2 cm³/mol. The van der Waals surface area contributed by atoms with E-state index < -0.39 is 13.5 Å². The summed E-state index contributed by atoms with van der Waals surface area (Å²) in [6, 6.07) is 0. The van der Waals surface area contributed by atoms with Gasteiger partial charge in [0.05, 0.1) is 14.3 Å². The lowest BCUT2D eigenvalue weighted by Crippen LogP contribution is -2.48. The average molecular weight is 290 g/mol. The first-order valence-electron chi connectivity index (χ1n) is 7.41. The Labute approximate surface area is 120 Å². The minimum absolute atomic E-state index is 0.126. The quantitative estimate of drug-likeness (QED) is 0.747. The van der Waals surface area contributed by atoms with Gasteiger partial charge < -0.3 is 4.42 Å². The van der Waals surface area contributed by atoms with E-state index in [2.05, 4.69) is 19.6 Å². The molecule has 2 atom stereocenters. The maximum atomic E-state index is 12.8. The molecule has 2 aliphatic carbocycles. The van der Waals surface area contributed by atoms with Crippen LogP contribution in [0.4, 0.5) is 0 Å². The van der Waals surface area contributed by atoms with E-state index in [1.807, 2.05) is 6.92 Å². The number of rotatable bonds is 1. The lowest BCUT2D eigenvalue weighted by molar-refractivity contribution is -0.123. The summed E-state index contributed by atoms with van der Waals surface area (Å²) in [6.45, 7) is 8.82. The van der Waals surface area contributed by atoms with Crippen LogP contribution in [-0.2, 0) is 11.2 Å². The van der Waals surface area contributed by atoms with Gasteiger partial charge in [-0.25, -0.2) is 0 Å². The molecule has 0 aliphatic heterocycles. The van der Waals surface area contributed by atoms with Crippen LogP contribution >= 0.6 is 0 Å². The second-order valence-electron chi connectivity index (χ2n) is 7.60. The van der Waals surface area contributed by atoms with Gasteiger partial charge >= 0.3 is 0 Å². The monoisotopic (exact) mass is 290 g/mol. The van der Waals surface area contributed by atoms with Crippen molar-refractivity contribution in [2.24, 2.45) is 11.3 Å². The molecule has 0 radical (unpaired) electrons. The van der Waals surface area contributed by atoms with Crippen molar-refractivity contribution in [3.63, 3.8) is 0 Å². The summed E-state index contributed by atoms with van der Waals surface area (Å²) in [4.78, 5) is 24.6. The molecule has 0 aromatic carbocycles. The van der Waals surface area contributed by atoms with Gasteiger partial charge in [0.1, 0.15) is 5.78 Å². The first-order chi connectivity index (χ1) is 9.23.